The van der Waals surface area contributed by atoms with Crippen LogP contribution in [0.25, 0.3) is 11.0 Å². The minimum absolute atomic E-state index is 0.0585. The molecule has 0 spiro atoms. The minimum Gasteiger partial charge on any atom is -0.355 e. The monoisotopic (exact) mass is 350 g/mol. The number of carbonyl (C=O) groups is 1. The smallest absolute Gasteiger partial charge is 0.196 e. The fraction of sp³-hybridized carbons (Fsp3) is 0.105. The summed E-state index contributed by atoms with van der Waals surface area (Å²) in [6.07, 6.45) is 7.75. The van der Waals surface area contributed by atoms with Crippen LogP contribution in [-0.2, 0) is 0 Å². The van der Waals surface area contributed by atoms with Crippen LogP contribution < -0.4 is 5.32 Å². The fourth-order valence-electron chi connectivity index (χ4n) is 2.88. The Bertz CT molecular complexity index is 1020. The molecule has 0 amide bonds. The second kappa shape index (κ2) is 6.53. The number of H-pyrrole nitrogens is 1. The normalized spacial score (nSPS) is 13.7. The molecule has 0 unspecified atom stereocenters. The molecule has 1 aromatic carbocycles. The number of pyridine rings is 1. The van der Waals surface area contributed by atoms with Gasteiger partial charge in [-0.15, -0.1) is 0 Å². The summed E-state index contributed by atoms with van der Waals surface area (Å²) in [5.74, 6) is -0.0585. The summed E-state index contributed by atoms with van der Waals surface area (Å²) in [5, 5.41) is 4.72. The zero-order valence-electron chi connectivity index (χ0n) is 13.3. The molecule has 6 heteroatoms. The zero-order chi connectivity index (χ0) is 17.2. The number of rotatable bonds is 4. The van der Waals surface area contributed by atoms with Gasteiger partial charge in [0.25, 0.3) is 0 Å². The van der Waals surface area contributed by atoms with Crippen LogP contribution in [0.4, 0.5) is 11.4 Å². The summed E-state index contributed by atoms with van der Waals surface area (Å²) in [5.41, 5.74) is 3.49. The number of halogens is 1. The third kappa shape index (κ3) is 3.06. The van der Waals surface area contributed by atoms with E-state index in [1.54, 1.807) is 18.6 Å². The molecular weight excluding hydrogens is 336 g/mol. The molecule has 0 saturated heterocycles. The molecule has 3 aromatic rings. The van der Waals surface area contributed by atoms with E-state index in [9.17, 15) is 4.79 Å². The number of Topliss-reactive ketones (excluding diaryl/α,β-unsaturated/α-hetero) is 1. The number of dihydropyridines is 1. The Balaban J connectivity index is 1.78. The number of hydrogen-bond donors (Lipinski definition) is 2. The van der Waals surface area contributed by atoms with Gasteiger partial charge in [0.15, 0.2) is 5.78 Å². The molecule has 1 aliphatic heterocycles. The molecule has 25 heavy (non-hydrogen) atoms. The van der Waals surface area contributed by atoms with Crippen LogP contribution in [0.5, 0.6) is 0 Å². The van der Waals surface area contributed by atoms with Gasteiger partial charge in [-0.2, -0.15) is 0 Å². The first-order valence-electron chi connectivity index (χ1n) is 7.96. The molecule has 0 saturated carbocycles. The Hall–Kier alpha value is -2.92. The van der Waals surface area contributed by atoms with Crippen LogP contribution in [0.2, 0.25) is 5.02 Å². The number of aliphatic imine (C=N–C) groups is 1. The van der Waals surface area contributed by atoms with Gasteiger partial charge in [0, 0.05) is 41.4 Å². The van der Waals surface area contributed by atoms with Gasteiger partial charge in [-0.3, -0.25) is 9.79 Å². The van der Waals surface area contributed by atoms with Crippen LogP contribution in [0, 0.1) is 0 Å². The predicted molar refractivity (Wildman–Crippen MR) is 101 cm³/mol. The average Bonchev–Trinajstić information content (AvgIpc) is 3.07. The van der Waals surface area contributed by atoms with Crippen molar-refractivity contribution in [3.05, 3.63) is 65.0 Å². The number of anilines is 2. The van der Waals surface area contributed by atoms with Gasteiger partial charge in [0.05, 0.1) is 16.6 Å². The number of aromatic nitrogens is 2. The maximum Gasteiger partial charge on any atom is 0.196 e. The molecule has 124 valence electrons. The number of fused-ring (bicyclic) bond motifs is 1. The molecule has 4 rings (SSSR count). The van der Waals surface area contributed by atoms with Crippen molar-refractivity contribution in [1.82, 2.24) is 9.97 Å². The molecule has 0 fully saturated rings. The standard InChI is InChI=1S/C19H15ClN4O/c20-13-4-1-5-14(9-13)24-16-6-8-22-19-17(16)15(11-23-19)18(25)12-3-2-7-21-10-12/h1,3-6,8-11H,2,7H2,(H2,22,23,24). The van der Waals surface area contributed by atoms with Crippen molar-refractivity contribution in [3.8, 4) is 0 Å². The number of aromatic amines is 1. The Morgan fingerprint density at radius 1 is 1.28 bits per heavy atom. The molecule has 0 atom stereocenters. The molecule has 5 nitrogen and oxygen atoms in total. The van der Waals surface area contributed by atoms with Gasteiger partial charge in [-0.05, 0) is 30.7 Å². The van der Waals surface area contributed by atoms with Gasteiger partial charge < -0.3 is 10.3 Å². The van der Waals surface area contributed by atoms with Crippen LogP contribution >= 0.6 is 11.6 Å². The maximum absolute atomic E-state index is 12.9. The highest BCUT2D eigenvalue weighted by Gasteiger charge is 2.19. The molecular formula is C19H15ClN4O. The van der Waals surface area contributed by atoms with Crippen LogP contribution in [0.1, 0.15) is 16.8 Å². The van der Waals surface area contributed by atoms with Gasteiger partial charge in [0.1, 0.15) is 5.65 Å². The Morgan fingerprint density at radius 3 is 3.00 bits per heavy atom. The third-order valence-corrected chi connectivity index (χ3v) is 4.27. The number of nitrogens with zero attached hydrogens (tertiary/aromatic N) is 2. The second-order valence-corrected chi connectivity index (χ2v) is 6.17. The van der Waals surface area contributed by atoms with E-state index in [2.05, 4.69) is 20.3 Å². The largest absolute Gasteiger partial charge is 0.355 e. The highest BCUT2D eigenvalue weighted by atomic mass is 35.5. The minimum atomic E-state index is -0.0585. The highest BCUT2D eigenvalue weighted by Crippen LogP contribution is 2.30. The zero-order valence-corrected chi connectivity index (χ0v) is 14.0. The van der Waals surface area contributed by atoms with Crippen molar-refractivity contribution in [2.45, 2.75) is 6.42 Å². The van der Waals surface area contributed by atoms with Crippen LogP contribution in [-0.4, -0.2) is 28.5 Å². The SMILES string of the molecule is O=C(C1=CCCN=C1)c1c[nH]c2nccc(Nc3cccc(Cl)c3)c12. The topological polar surface area (TPSA) is 70.1 Å². The Morgan fingerprint density at radius 2 is 2.20 bits per heavy atom. The van der Waals surface area contributed by atoms with Crippen molar-refractivity contribution in [1.29, 1.82) is 0 Å². The number of nitrogens with one attached hydrogen (secondary N) is 2. The summed E-state index contributed by atoms with van der Waals surface area (Å²) in [6.45, 7) is 0.730. The number of carbonyl (C=O) groups excluding carboxylic acids is 1. The molecule has 0 bridgehead atoms. The summed E-state index contributed by atoms with van der Waals surface area (Å²) in [7, 11) is 0. The lowest BCUT2D eigenvalue weighted by molar-refractivity contribution is 0.104. The van der Waals surface area contributed by atoms with Gasteiger partial charge in [-0.1, -0.05) is 23.7 Å². The van der Waals surface area contributed by atoms with Crippen molar-refractivity contribution in [2.24, 2.45) is 4.99 Å². The Labute approximate surface area is 149 Å². The molecule has 2 aromatic heterocycles. The first kappa shape index (κ1) is 15.6. The van der Waals surface area contributed by atoms with Crippen LogP contribution in [0.3, 0.4) is 0 Å². The molecule has 0 radical (unpaired) electrons. The predicted octanol–water partition coefficient (Wildman–Crippen LogP) is 4.54. The first-order chi connectivity index (χ1) is 12.2. The van der Waals surface area contributed by atoms with E-state index in [0.717, 1.165) is 29.7 Å². The average molecular weight is 351 g/mol. The molecule has 1 aliphatic rings. The van der Waals surface area contributed by atoms with E-state index in [1.807, 2.05) is 36.4 Å². The lowest BCUT2D eigenvalue weighted by Crippen LogP contribution is -2.08. The van der Waals surface area contributed by atoms with E-state index in [4.69, 9.17) is 11.6 Å². The molecule has 2 N–H and O–H groups in total. The van der Waals surface area contributed by atoms with E-state index in [1.165, 1.54) is 0 Å². The van der Waals surface area contributed by atoms with Crippen LogP contribution in [0.15, 0.2) is 59.4 Å². The van der Waals surface area contributed by atoms with E-state index in [-0.39, 0.29) is 5.78 Å². The number of allylic oxidation sites excluding steroid dienone is 1. The fourth-order valence-corrected chi connectivity index (χ4v) is 3.07. The Kier molecular flexibility index (Phi) is 4.07. The molecule has 0 aliphatic carbocycles. The molecule has 3 heterocycles. The quantitative estimate of drug-likeness (QED) is 0.678. The maximum atomic E-state index is 12.9. The summed E-state index contributed by atoms with van der Waals surface area (Å²) < 4.78 is 0. The third-order valence-electron chi connectivity index (χ3n) is 4.04. The summed E-state index contributed by atoms with van der Waals surface area (Å²) in [6, 6.07) is 9.28. The van der Waals surface area contributed by atoms with Gasteiger partial charge in [-0.25, -0.2) is 4.98 Å². The van der Waals surface area contributed by atoms with Crippen molar-refractivity contribution < 1.29 is 4.79 Å². The lowest BCUT2D eigenvalue weighted by Gasteiger charge is -2.10. The number of ketones is 1. The number of benzene rings is 1. The van der Waals surface area contributed by atoms with Crippen molar-refractivity contribution in [2.75, 3.05) is 11.9 Å². The summed E-state index contributed by atoms with van der Waals surface area (Å²) >= 11 is 6.06. The van der Waals surface area contributed by atoms with Gasteiger partial charge in [0.2, 0.25) is 0 Å². The van der Waals surface area contributed by atoms with E-state index in [0.29, 0.717) is 21.8 Å². The highest BCUT2D eigenvalue weighted by molar-refractivity contribution is 6.31. The first-order valence-corrected chi connectivity index (χ1v) is 8.33. The van der Waals surface area contributed by atoms with Crippen molar-refractivity contribution >= 4 is 46.0 Å². The number of hydrogen-bond acceptors (Lipinski definition) is 4. The van der Waals surface area contributed by atoms with Crippen molar-refractivity contribution in [3.63, 3.8) is 0 Å². The van der Waals surface area contributed by atoms with E-state index >= 15 is 0 Å². The van der Waals surface area contributed by atoms with E-state index < -0.39 is 0 Å². The lowest BCUT2D eigenvalue weighted by atomic mass is 10.0. The van der Waals surface area contributed by atoms with Gasteiger partial charge >= 0.3 is 0 Å². The summed E-state index contributed by atoms with van der Waals surface area (Å²) in [4.78, 5) is 24.5. The second-order valence-electron chi connectivity index (χ2n) is 5.73.